The van der Waals surface area contributed by atoms with Crippen LogP contribution < -0.4 is 5.32 Å². The highest BCUT2D eigenvalue weighted by atomic mass is 35.5. The van der Waals surface area contributed by atoms with Crippen LogP contribution in [-0.2, 0) is 26.1 Å². The Hall–Kier alpha value is -0.433. The zero-order valence-corrected chi connectivity index (χ0v) is 17.3. The number of benzene rings is 1. The first-order chi connectivity index (χ1) is 10.6. The van der Waals surface area contributed by atoms with E-state index in [9.17, 15) is 0 Å². The lowest BCUT2D eigenvalue weighted by atomic mass is 10.1. The number of hydrogen-bond donors (Lipinski definition) is 1. The van der Waals surface area contributed by atoms with E-state index in [1.807, 2.05) is 7.05 Å². The summed E-state index contributed by atoms with van der Waals surface area (Å²) < 4.78 is 15.7. The van der Waals surface area contributed by atoms with E-state index in [2.05, 4.69) is 43.4 Å². The average molecular weight is 364 g/mol. The van der Waals surface area contributed by atoms with Crippen molar-refractivity contribution in [2.45, 2.75) is 39.2 Å². The SMILES string of the molecule is CCc1ccc(CC)cc1.CNCCC[Si](OC)(OC)OC.Cl. The quantitative estimate of drug-likeness (QED) is 0.536. The Bertz CT molecular complexity index is 341. The molecular formula is C17H34ClNO3Si. The van der Waals surface area contributed by atoms with Crippen molar-refractivity contribution in [1.29, 1.82) is 0 Å². The molecule has 1 aromatic rings. The number of aryl methyl sites for hydroxylation is 2. The fraction of sp³-hybridized carbons (Fsp3) is 0.647. The fourth-order valence-electron chi connectivity index (χ4n) is 2.05. The molecule has 0 aromatic heterocycles. The molecule has 23 heavy (non-hydrogen) atoms. The molecular weight excluding hydrogens is 330 g/mol. The largest absolute Gasteiger partial charge is 0.500 e. The van der Waals surface area contributed by atoms with Crippen LogP contribution in [0.1, 0.15) is 31.4 Å². The predicted molar refractivity (Wildman–Crippen MR) is 103 cm³/mol. The maximum Gasteiger partial charge on any atom is 0.500 e. The Kier molecular flexibility index (Phi) is 16.3. The standard InChI is InChI=1S/C10H14.C7H19NO3Si.ClH/c1-3-9-5-7-10(4-2)8-6-9;1-8-6-5-7-12(9-2,10-3)11-4;/h5-8H,3-4H2,1-2H3;8H,5-7H2,1-4H3;1H. The highest BCUT2D eigenvalue weighted by Gasteiger charge is 2.36. The van der Waals surface area contributed by atoms with Crippen LogP contribution in [0.3, 0.4) is 0 Å². The molecule has 1 aromatic carbocycles. The van der Waals surface area contributed by atoms with Crippen LogP contribution >= 0.6 is 12.4 Å². The summed E-state index contributed by atoms with van der Waals surface area (Å²) in [6.45, 7) is 5.33. The minimum Gasteiger partial charge on any atom is -0.377 e. The molecule has 0 amide bonds. The summed E-state index contributed by atoms with van der Waals surface area (Å²) in [5, 5.41) is 3.07. The monoisotopic (exact) mass is 363 g/mol. The highest BCUT2D eigenvalue weighted by Crippen LogP contribution is 2.13. The van der Waals surface area contributed by atoms with E-state index in [4.69, 9.17) is 13.3 Å². The molecule has 0 fully saturated rings. The smallest absolute Gasteiger partial charge is 0.377 e. The first-order valence-corrected chi connectivity index (χ1v) is 9.92. The van der Waals surface area contributed by atoms with Gasteiger partial charge in [-0.05, 0) is 44.0 Å². The summed E-state index contributed by atoms with van der Waals surface area (Å²) in [7, 11) is 4.54. The van der Waals surface area contributed by atoms with Gasteiger partial charge in [0.15, 0.2) is 0 Å². The van der Waals surface area contributed by atoms with E-state index in [0.717, 1.165) is 31.9 Å². The Labute approximate surface area is 149 Å². The molecule has 0 saturated heterocycles. The van der Waals surface area contributed by atoms with Gasteiger partial charge in [-0.2, -0.15) is 0 Å². The van der Waals surface area contributed by atoms with Gasteiger partial charge in [-0.3, -0.25) is 0 Å². The first-order valence-electron chi connectivity index (χ1n) is 7.99. The molecule has 1 N–H and O–H groups in total. The zero-order valence-electron chi connectivity index (χ0n) is 15.5. The van der Waals surface area contributed by atoms with Gasteiger partial charge in [0.1, 0.15) is 0 Å². The van der Waals surface area contributed by atoms with Crippen molar-refractivity contribution in [2.24, 2.45) is 0 Å². The van der Waals surface area contributed by atoms with Gasteiger partial charge in [0.05, 0.1) is 0 Å². The molecule has 0 unspecified atom stereocenters. The number of nitrogens with one attached hydrogen (secondary N) is 1. The van der Waals surface area contributed by atoms with E-state index in [0.29, 0.717) is 0 Å². The molecule has 0 aliphatic heterocycles. The van der Waals surface area contributed by atoms with Crippen LogP contribution in [0.2, 0.25) is 6.04 Å². The Morgan fingerprint density at radius 1 is 0.870 bits per heavy atom. The van der Waals surface area contributed by atoms with E-state index >= 15 is 0 Å². The highest BCUT2D eigenvalue weighted by molar-refractivity contribution is 6.60. The van der Waals surface area contributed by atoms with Crippen LogP contribution in [0.4, 0.5) is 0 Å². The van der Waals surface area contributed by atoms with Crippen LogP contribution in [0.25, 0.3) is 0 Å². The average Bonchev–Trinajstić information content (AvgIpc) is 2.60. The van der Waals surface area contributed by atoms with E-state index in [-0.39, 0.29) is 12.4 Å². The number of hydrogen-bond acceptors (Lipinski definition) is 4. The molecule has 136 valence electrons. The van der Waals surface area contributed by atoms with Crippen molar-refractivity contribution < 1.29 is 13.3 Å². The van der Waals surface area contributed by atoms with Crippen molar-refractivity contribution in [3.8, 4) is 0 Å². The lowest BCUT2D eigenvalue weighted by molar-refractivity contribution is 0.123. The Morgan fingerprint density at radius 3 is 1.52 bits per heavy atom. The normalized spacial score (nSPS) is 10.5. The summed E-state index contributed by atoms with van der Waals surface area (Å²) in [5.74, 6) is 0. The molecule has 0 heterocycles. The van der Waals surface area contributed by atoms with Gasteiger partial charge in [0.2, 0.25) is 0 Å². The van der Waals surface area contributed by atoms with Crippen LogP contribution in [0, 0.1) is 0 Å². The van der Waals surface area contributed by atoms with Crippen molar-refractivity contribution in [3.63, 3.8) is 0 Å². The minimum absolute atomic E-state index is 0. The second kappa shape index (κ2) is 15.1. The molecule has 0 radical (unpaired) electrons. The van der Waals surface area contributed by atoms with E-state index in [1.165, 1.54) is 11.1 Å². The Morgan fingerprint density at radius 2 is 1.26 bits per heavy atom. The fourth-order valence-corrected chi connectivity index (χ4v) is 3.77. The second-order valence-corrected chi connectivity index (χ2v) is 8.12. The lowest BCUT2D eigenvalue weighted by Crippen LogP contribution is -2.43. The third-order valence-electron chi connectivity index (χ3n) is 3.68. The molecule has 1 rings (SSSR count). The number of rotatable bonds is 9. The molecule has 0 aliphatic rings. The lowest BCUT2D eigenvalue weighted by Gasteiger charge is -2.24. The zero-order chi connectivity index (χ0) is 16.8. The van der Waals surface area contributed by atoms with E-state index < -0.39 is 8.80 Å². The maximum absolute atomic E-state index is 5.25. The van der Waals surface area contributed by atoms with Crippen LogP contribution in [0.15, 0.2) is 24.3 Å². The summed E-state index contributed by atoms with van der Waals surface area (Å²) in [6, 6.07) is 9.69. The van der Waals surface area contributed by atoms with Gasteiger partial charge in [-0.1, -0.05) is 38.1 Å². The van der Waals surface area contributed by atoms with Gasteiger partial charge in [0.25, 0.3) is 0 Å². The van der Waals surface area contributed by atoms with Gasteiger partial charge in [0, 0.05) is 27.4 Å². The summed E-state index contributed by atoms with van der Waals surface area (Å²) in [6.07, 6.45) is 3.30. The van der Waals surface area contributed by atoms with Gasteiger partial charge >= 0.3 is 8.80 Å². The van der Waals surface area contributed by atoms with Crippen LogP contribution in [-0.4, -0.2) is 43.7 Å². The van der Waals surface area contributed by atoms with Crippen molar-refractivity contribution in [2.75, 3.05) is 34.9 Å². The predicted octanol–water partition coefficient (Wildman–Crippen LogP) is 3.71. The van der Waals surface area contributed by atoms with Crippen LogP contribution in [0.5, 0.6) is 0 Å². The molecule has 0 atom stereocenters. The van der Waals surface area contributed by atoms with Gasteiger partial charge in [-0.25, -0.2) is 0 Å². The van der Waals surface area contributed by atoms with Crippen molar-refractivity contribution >= 4 is 21.2 Å². The number of halogens is 1. The summed E-state index contributed by atoms with van der Waals surface area (Å²) in [5.41, 5.74) is 2.86. The molecule has 4 nitrogen and oxygen atoms in total. The Balaban J connectivity index is 0. The van der Waals surface area contributed by atoms with Gasteiger partial charge < -0.3 is 18.6 Å². The van der Waals surface area contributed by atoms with Crippen molar-refractivity contribution in [1.82, 2.24) is 5.32 Å². The summed E-state index contributed by atoms with van der Waals surface area (Å²) >= 11 is 0. The summed E-state index contributed by atoms with van der Waals surface area (Å²) in [4.78, 5) is 0. The first kappa shape index (κ1) is 24.8. The van der Waals surface area contributed by atoms with Crippen molar-refractivity contribution in [3.05, 3.63) is 35.4 Å². The van der Waals surface area contributed by atoms with Gasteiger partial charge in [-0.15, -0.1) is 12.4 Å². The minimum atomic E-state index is -2.29. The third-order valence-corrected chi connectivity index (χ3v) is 6.51. The van der Waals surface area contributed by atoms with E-state index in [1.54, 1.807) is 21.3 Å². The maximum atomic E-state index is 5.25. The second-order valence-electron chi connectivity index (χ2n) is 5.03. The molecule has 0 saturated carbocycles. The molecule has 0 aliphatic carbocycles. The molecule has 6 heteroatoms. The molecule has 0 bridgehead atoms. The topological polar surface area (TPSA) is 39.7 Å². The third kappa shape index (κ3) is 10.1. The molecule has 0 spiro atoms.